The van der Waals surface area contributed by atoms with E-state index < -0.39 is 49.8 Å². The summed E-state index contributed by atoms with van der Waals surface area (Å²) in [6.45, 7) is 0. The predicted molar refractivity (Wildman–Crippen MR) is 77.1 cm³/mol. The molecule has 11 heteroatoms. The Hall–Kier alpha value is -1.38. The molecular formula is C13H4Cl3F6NO. The van der Waals surface area contributed by atoms with Gasteiger partial charge in [-0.2, -0.15) is 26.3 Å². The molecule has 1 aromatic carbocycles. The van der Waals surface area contributed by atoms with Gasteiger partial charge in [0.1, 0.15) is 5.02 Å². The maximum Gasteiger partial charge on any atom is 0.417 e. The summed E-state index contributed by atoms with van der Waals surface area (Å²) in [5, 5.41) is -2.11. The van der Waals surface area contributed by atoms with Crippen LogP contribution in [0.1, 0.15) is 11.1 Å². The van der Waals surface area contributed by atoms with Crippen LogP contribution < -0.4 is 5.56 Å². The second-order valence-corrected chi connectivity index (χ2v) is 5.76. The molecule has 2 aromatic rings. The number of pyridine rings is 1. The Morgan fingerprint density at radius 3 is 1.58 bits per heavy atom. The minimum Gasteiger partial charge on any atom is -0.279 e. The lowest BCUT2D eigenvalue weighted by Crippen LogP contribution is -2.22. The van der Waals surface area contributed by atoms with Crippen molar-refractivity contribution in [2.75, 3.05) is 0 Å². The molecule has 0 N–H and O–H groups in total. The van der Waals surface area contributed by atoms with E-state index in [0.29, 0.717) is 29.0 Å². The SMILES string of the molecule is O=c1c(Cl)cc(C(F)(F)F)cn1-c1c(Cl)cc(C(F)(F)F)cc1Cl. The van der Waals surface area contributed by atoms with Gasteiger partial charge in [-0.1, -0.05) is 34.8 Å². The summed E-state index contributed by atoms with van der Waals surface area (Å²) < 4.78 is 76.9. The molecule has 1 heterocycles. The lowest BCUT2D eigenvalue weighted by molar-refractivity contribution is -0.138. The van der Waals surface area contributed by atoms with Crippen molar-refractivity contribution in [3.63, 3.8) is 0 Å². The van der Waals surface area contributed by atoms with Gasteiger partial charge in [0.2, 0.25) is 0 Å². The number of alkyl halides is 6. The van der Waals surface area contributed by atoms with Gasteiger partial charge < -0.3 is 0 Å². The lowest BCUT2D eigenvalue weighted by Gasteiger charge is -2.16. The van der Waals surface area contributed by atoms with Crippen molar-refractivity contribution in [2.24, 2.45) is 0 Å². The molecule has 0 aliphatic rings. The molecule has 0 aliphatic heterocycles. The zero-order chi connectivity index (χ0) is 18.4. The summed E-state index contributed by atoms with van der Waals surface area (Å²) in [7, 11) is 0. The molecule has 130 valence electrons. The van der Waals surface area contributed by atoms with Crippen LogP contribution in [0, 0.1) is 0 Å². The van der Waals surface area contributed by atoms with Crippen LogP contribution in [-0.4, -0.2) is 4.57 Å². The van der Waals surface area contributed by atoms with Gasteiger partial charge >= 0.3 is 12.4 Å². The Morgan fingerprint density at radius 2 is 1.17 bits per heavy atom. The summed E-state index contributed by atoms with van der Waals surface area (Å²) in [5.74, 6) is 0. The van der Waals surface area contributed by atoms with Crippen molar-refractivity contribution in [2.45, 2.75) is 12.4 Å². The van der Waals surface area contributed by atoms with Gasteiger partial charge in [0, 0.05) is 6.20 Å². The van der Waals surface area contributed by atoms with E-state index in [1.54, 1.807) is 0 Å². The van der Waals surface area contributed by atoms with Crippen LogP contribution in [0.15, 0.2) is 29.2 Å². The monoisotopic (exact) mass is 409 g/mol. The fraction of sp³-hybridized carbons (Fsp3) is 0.154. The average molecular weight is 411 g/mol. The molecule has 0 saturated heterocycles. The Bertz CT molecular complexity index is 833. The van der Waals surface area contributed by atoms with Crippen LogP contribution in [0.2, 0.25) is 15.1 Å². The Balaban J connectivity index is 2.78. The number of hydrogen-bond acceptors (Lipinski definition) is 1. The standard InChI is InChI=1S/C13H4Cl3F6NO/c14-7-1-5(12(17,18)19)2-8(15)10(7)23-4-6(13(20,21)22)3-9(16)11(23)24/h1-4H. The zero-order valence-corrected chi connectivity index (χ0v) is 13.3. The highest BCUT2D eigenvalue weighted by molar-refractivity contribution is 6.38. The van der Waals surface area contributed by atoms with E-state index >= 15 is 0 Å². The quantitative estimate of drug-likeness (QED) is 0.542. The van der Waals surface area contributed by atoms with E-state index in [1.807, 2.05) is 0 Å². The summed E-state index contributed by atoms with van der Waals surface area (Å²) >= 11 is 16.9. The van der Waals surface area contributed by atoms with Gasteiger partial charge in [-0.3, -0.25) is 9.36 Å². The molecule has 0 saturated carbocycles. The molecule has 2 nitrogen and oxygen atoms in total. The fourth-order valence-electron chi connectivity index (χ4n) is 1.83. The highest BCUT2D eigenvalue weighted by Crippen LogP contribution is 2.38. The van der Waals surface area contributed by atoms with E-state index in [2.05, 4.69) is 0 Å². The largest absolute Gasteiger partial charge is 0.417 e. The van der Waals surface area contributed by atoms with Crippen LogP contribution in [0.3, 0.4) is 0 Å². The molecule has 2 rings (SSSR count). The molecule has 0 spiro atoms. The maximum atomic E-state index is 12.8. The molecule has 24 heavy (non-hydrogen) atoms. The van der Waals surface area contributed by atoms with Crippen molar-refractivity contribution in [1.29, 1.82) is 0 Å². The van der Waals surface area contributed by atoms with Gasteiger partial charge in [0.05, 0.1) is 26.9 Å². The molecule has 0 bridgehead atoms. The topological polar surface area (TPSA) is 22.0 Å². The third kappa shape index (κ3) is 3.65. The smallest absolute Gasteiger partial charge is 0.279 e. The number of benzene rings is 1. The van der Waals surface area contributed by atoms with E-state index in [1.165, 1.54) is 0 Å². The van der Waals surface area contributed by atoms with Crippen molar-refractivity contribution < 1.29 is 26.3 Å². The molecule has 0 atom stereocenters. The van der Waals surface area contributed by atoms with E-state index in [0.717, 1.165) is 0 Å². The minimum absolute atomic E-state index is 0.356. The van der Waals surface area contributed by atoms with Gasteiger partial charge in [-0.15, -0.1) is 0 Å². The first-order valence-electron chi connectivity index (χ1n) is 5.88. The second kappa shape index (κ2) is 6.16. The number of rotatable bonds is 1. The average Bonchev–Trinajstić information content (AvgIpc) is 2.40. The Morgan fingerprint density at radius 1 is 0.750 bits per heavy atom. The van der Waals surface area contributed by atoms with E-state index in [4.69, 9.17) is 34.8 Å². The summed E-state index contributed by atoms with van der Waals surface area (Å²) in [4.78, 5) is 12.0. The Labute approximate surface area is 145 Å². The van der Waals surface area contributed by atoms with Crippen molar-refractivity contribution >= 4 is 34.8 Å². The van der Waals surface area contributed by atoms with E-state index in [9.17, 15) is 31.1 Å². The highest BCUT2D eigenvalue weighted by atomic mass is 35.5. The van der Waals surface area contributed by atoms with Crippen LogP contribution in [-0.2, 0) is 12.4 Å². The summed E-state index contributed by atoms with van der Waals surface area (Å²) in [6, 6.07) is 1.29. The van der Waals surface area contributed by atoms with Crippen molar-refractivity contribution in [3.05, 3.63) is 60.9 Å². The number of aromatic nitrogens is 1. The number of nitrogens with zero attached hydrogens (tertiary/aromatic N) is 1. The second-order valence-electron chi connectivity index (χ2n) is 4.54. The number of hydrogen-bond donors (Lipinski definition) is 0. The highest BCUT2D eigenvalue weighted by Gasteiger charge is 2.34. The first-order valence-corrected chi connectivity index (χ1v) is 7.01. The molecule has 0 radical (unpaired) electrons. The van der Waals surface area contributed by atoms with Gasteiger partial charge in [0.25, 0.3) is 5.56 Å². The maximum absolute atomic E-state index is 12.8. The van der Waals surface area contributed by atoms with Crippen LogP contribution in [0.5, 0.6) is 0 Å². The third-order valence-electron chi connectivity index (χ3n) is 2.89. The lowest BCUT2D eigenvalue weighted by atomic mass is 10.2. The minimum atomic E-state index is -4.84. The first kappa shape index (κ1) is 19.0. The van der Waals surface area contributed by atoms with Crippen LogP contribution >= 0.6 is 34.8 Å². The molecule has 0 amide bonds. The fourth-order valence-corrected chi connectivity index (χ4v) is 2.71. The molecule has 0 fully saturated rings. The zero-order valence-electron chi connectivity index (χ0n) is 11.1. The molecular weight excluding hydrogens is 406 g/mol. The summed E-state index contributed by atoms with van der Waals surface area (Å²) in [5.41, 5.74) is -4.16. The molecule has 0 unspecified atom stereocenters. The predicted octanol–water partition coefficient (Wildman–Crippen LogP) is 5.84. The van der Waals surface area contributed by atoms with Gasteiger partial charge in [-0.05, 0) is 18.2 Å². The van der Waals surface area contributed by atoms with Gasteiger partial charge in [-0.25, -0.2) is 0 Å². The summed E-state index contributed by atoms with van der Waals surface area (Å²) in [6.07, 6.45) is -9.26. The molecule has 0 aliphatic carbocycles. The van der Waals surface area contributed by atoms with Crippen LogP contribution in [0.4, 0.5) is 26.3 Å². The van der Waals surface area contributed by atoms with E-state index in [-0.39, 0.29) is 0 Å². The molecule has 1 aromatic heterocycles. The van der Waals surface area contributed by atoms with Crippen molar-refractivity contribution in [3.8, 4) is 5.69 Å². The number of halogens is 9. The van der Waals surface area contributed by atoms with Crippen LogP contribution in [0.25, 0.3) is 5.69 Å². The Kier molecular flexibility index (Phi) is 4.87. The third-order valence-corrected chi connectivity index (χ3v) is 3.73. The van der Waals surface area contributed by atoms with Crippen molar-refractivity contribution in [1.82, 2.24) is 4.57 Å². The normalized spacial score (nSPS) is 12.5. The first-order chi connectivity index (χ1) is 10.8. The van der Waals surface area contributed by atoms with Gasteiger partial charge in [0.15, 0.2) is 0 Å².